The van der Waals surface area contributed by atoms with E-state index in [0.717, 1.165) is 61.0 Å². The molecule has 30 heavy (non-hydrogen) atoms. The van der Waals surface area contributed by atoms with Crippen LogP contribution >= 0.6 is 24.0 Å². The Labute approximate surface area is 195 Å². The van der Waals surface area contributed by atoms with Crippen LogP contribution in [-0.2, 0) is 24.9 Å². The molecule has 1 aromatic carbocycles. The molecule has 0 saturated heterocycles. The summed E-state index contributed by atoms with van der Waals surface area (Å²) < 4.78 is 12.9. The summed E-state index contributed by atoms with van der Waals surface area (Å²) in [4.78, 5) is 4.71. The predicted octanol–water partition coefficient (Wildman–Crippen LogP) is 2.80. The third-order valence-electron chi connectivity index (χ3n) is 4.98. The van der Waals surface area contributed by atoms with Crippen molar-refractivity contribution in [1.29, 1.82) is 0 Å². The Morgan fingerprint density at radius 1 is 1.20 bits per heavy atom. The van der Waals surface area contributed by atoms with Crippen molar-refractivity contribution in [2.24, 2.45) is 18.0 Å². The van der Waals surface area contributed by atoms with Crippen LogP contribution in [0.5, 0.6) is 5.75 Å². The van der Waals surface area contributed by atoms with Crippen LogP contribution in [0.1, 0.15) is 36.5 Å². The van der Waals surface area contributed by atoms with Crippen molar-refractivity contribution in [2.45, 2.75) is 39.3 Å². The van der Waals surface area contributed by atoms with E-state index in [0.29, 0.717) is 13.1 Å². The van der Waals surface area contributed by atoms with E-state index in [1.165, 1.54) is 12.8 Å². The van der Waals surface area contributed by atoms with Gasteiger partial charge in [-0.2, -0.15) is 0 Å². The summed E-state index contributed by atoms with van der Waals surface area (Å²) in [5, 5.41) is 15.0. The highest BCUT2D eigenvalue weighted by Gasteiger charge is 2.20. The number of nitrogens with one attached hydrogen (secondary N) is 2. The predicted molar refractivity (Wildman–Crippen MR) is 128 cm³/mol. The van der Waals surface area contributed by atoms with Crippen LogP contribution in [0, 0.1) is 12.8 Å². The fourth-order valence-electron chi connectivity index (χ4n) is 2.76. The first-order valence-electron chi connectivity index (χ1n) is 10.2. The number of halogens is 1. The fourth-order valence-corrected chi connectivity index (χ4v) is 2.76. The molecular formula is C21H33IN6O2. The summed E-state index contributed by atoms with van der Waals surface area (Å²) in [5.41, 5.74) is 1.12. The number of nitrogens with zero attached hydrogens (tertiary/aromatic N) is 4. The number of hydrogen-bond acceptors (Lipinski definition) is 5. The third kappa shape index (κ3) is 8.10. The van der Waals surface area contributed by atoms with Gasteiger partial charge >= 0.3 is 0 Å². The van der Waals surface area contributed by atoms with Gasteiger partial charge in [0, 0.05) is 26.8 Å². The minimum atomic E-state index is 0. The highest BCUT2D eigenvalue weighted by molar-refractivity contribution is 14.0. The van der Waals surface area contributed by atoms with Gasteiger partial charge in [0.05, 0.1) is 20.2 Å². The molecule has 1 fully saturated rings. The number of hydrogen-bond donors (Lipinski definition) is 2. The lowest BCUT2D eigenvalue weighted by Crippen LogP contribution is -2.38. The second-order valence-electron chi connectivity index (χ2n) is 7.39. The molecule has 0 bridgehead atoms. The lowest BCUT2D eigenvalue weighted by atomic mass is 10.2. The minimum Gasteiger partial charge on any atom is -0.497 e. The van der Waals surface area contributed by atoms with Gasteiger partial charge in [0.15, 0.2) is 11.8 Å². The number of methoxy groups -OCH3 is 1. The summed E-state index contributed by atoms with van der Waals surface area (Å²) in [5.74, 6) is 4.16. The lowest BCUT2D eigenvalue weighted by Gasteiger charge is -2.13. The summed E-state index contributed by atoms with van der Waals surface area (Å²) >= 11 is 0. The van der Waals surface area contributed by atoms with Crippen LogP contribution in [0.4, 0.5) is 0 Å². The zero-order valence-electron chi connectivity index (χ0n) is 18.1. The topological polar surface area (TPSA) is 85.6 Å². The van der Waals surface area contributed by atoms with Gasteiger partial charge in [0.25, 0.3) is 0 Å². The second kappa shape index (κ2) is 12.7. The molecule has 0 aliphatic heterocycles. The lowest BCUT2D eigenvalue weighted by molar-refractivity contribution is 0.123. The number of aromatic nitrogens is 3. The Morgan fingerprint density at radius 3 is 2.60 bits per heavy atom. The van der Waals surface area contributed by atoms with E-state index in [-0.39, 0.29) is 24.0 Å². The average Bonchev–Trinajstić information content (AvgIpc) is 3.52. The molecule has 3 rings (SSSR count). The van der Waals surface area contributed by atoms with E-state index in [1.54, 1.807) is 7.11 Å². The summed E-state index contributed by atoms with van der Waals surface area (Å²) in [6.45, 7) is 5.56. The monoisotopic (exact) mass is 528 g/mol. The van der Waals surface area contributed by atoms with Gasteiger partial charge in [-0.25, -0.2) is 4.99 Å². The van der Waals surface area contributed by atoms with Crippen molar-refractivity contribution in [2.75, 3.05) is 26.9 Å². The first-order valence-corrected chi connectivity index (χ1v) is 10.2. The highest BCUT2D eigenvalue weighted by Crippen LogP contribution is 2.28. The molecule has 1 saturated carbocycles. The zero-order valence-corrected chi connectivity index (χ0v) is 20.4. The average molecular weight is 528 g/mol. The molecule has 1 aliphatic carbocycles. The Morgan fingerprint density at radius 2 is 1.97 bits per heavy atom. The van der Waals surface area contributed by atoms with Crippen LogP contribution in [-0.4, -0.2) is 47.6 Å². The van der Waals surface area contributed by atoms with Crippen LogP contribution < -0.4 is 15.4 Å². The molecule has 1 heterocycles. The van der Waals surface area contributed by atoms with E-state index in [1.807, 2.05) is 42.8 Å². The van der Waals surface area contributed by atoms with Crippen molar-refractivity contribution in [3.8, 4) is 5.75 Å². The molecule has 0 atom stereocenters. The van der Waals surface area contributed by atoms with E-state index < -0.39 is 0 Å². The van der Waals surface area contributed by atoms with Crippen molar-refractivity contribution in [1.82, 2.24) is 25.4 Å². The minimum absolute atomic E-state index is 0. The molecule has 0 amide bonds. The first-order chi connectivity index (χ1) is 14.2. The maximum absolute atomic E-state index is 5.70. The van der Waals surface area contributed by atoms with Crippen molar-refractivity contribution >= 4 is 29.9 Å². The number of rotatable bonds is 11. The van der Waals surface area contributed by atoms with Crippen LogP contribution in [0.15, 0.2) is 29.3 Å². The molecule has 1 aromatic heterocycles. The smallest absolute Gasteiger partial charge is 0.191 e. The molecule has 8 nitrogen and oxygen atoms in total. The molecule has 2 N–H and O–H groups in total. The van der Waals surface area contributed by atoms with Gasteiger partial charge in [-0.3, -0.25) is 0 Å². The van der Waals surface area contributed by atoms with E-state index in [9.17, 15) is 0 Å². The number of aliphatic imine (C=N–C) groups is 1. The van der Waals surface area contributed by atoms with Crippen molar-refractivity contribution in [3.63, 3.8) is 0 Å². The molecule has 1 aliphatic rings. The van der Waals surface area contributed by atoms with E-state index in [4.69, 9.17) is 14.5 Å². The Hall–Kier alpha value is -1.88. The first kappa shape index (κ1) is 24.4. The molecular weight excluding hydrogens is 495 g/mol. The largest absolute Gasteiger partial charge is 0.497 e. The van der Waals surface area contributed by atoms with Crippen LogP contribution in [0.2, 0.25) is 0 Å². The van der Waals surface area contributed by atoms with Crippen LogP contribution in [0.3, 0.4) is 0 Å². The molecule has 9 heteroatoms. The van der Waals surface area contributed by atoms with Gasteiger partial charge in [0.2, 0.25) is 0 Å². The maximum Gasteiger partial charge on any atom is 0.191 e. The molecule has 0 unspecified atom stereocenters. The normalized spacial score (nSPS) is 13.6. The summed E-state index contributed by atoms with van der Waals surface area (Å²) in [6, 6.07) is 7.95. The van der Waals surface area contributed by atoms with Gasteiger partial charge in [0.1, 0.15) is 11.6 Å². The standard InChI is InChI=1S/C21H32N6O2.HI/c1-16-25-26-20(27(16)2)14-24-21(22-11-4-12-29-15-18-5-6-18)23-13-17-7-9-19(28-3)10-8-17;/h7-10,18H,4-6,11-15H2,1-3H3,(H2,22,23,24);1H. The number of guanidine groups is 1. The molecule has 0 spiro atoms. The Kier molecular flexibility index (Phi) is 10.4. The quantitative estimate of drug-likeness (QED) is 0.202. The Balaban J connectivity index is 0.00000320. The molecule has 2 aromatic rings. The van der Waals surface area contributed by atoms with E-state index in [2.05, 4.69) is 20.8 Å². The second-order valence-corrected chi connectivity index (χ2v) is 7.39. The maximum atomic E-state index is 5.70. The summed E-state index contributed by atoms with van der Waals surface area (Å²) in [7, 11) is 3.63. The molecule has 166 valence electrons. The fraction of sp³-hybridized carbons (Fsp3) is 0.571. The van der Waals surface area contributed by atoms with Crippen LogP contribution in [0.25, 0.3) is 0 Å². The highest BCUT2D eigenvalue weighted by atomic mass is 127. The van der Waals surface area contributed by atoms with Crippen molar-refractivity contribution in [3.05, 3.63) is 41.5 Å². The van der Waals surface area contributed by atoms with Crippen molar-refractivity contribution < 1.29 is 9.47 Å². The molecule has 0 radical (unpaired) electrons. The van der Waals surface area contributed by atoms with E-state index >= 15 is 0 Å². The number of benzene rings is 1. The van der Waals surface area contributed by atoms with Gasteiger partial charge in [-0.15, -0.1) is 34.2 Å². The SMILES string of the molecule is COc1ccc(CN=C(NCCCOCC2CC2)NCc2nnc(C)n2C)cc1.I. The Bertz CT molecular complexity index is 789. The van der Waals surface area contributed by atoms with Gasteiger partial charge < -0.3 is 24.7 Å². The summed E-state index contributed by atoms with van der Waals surface area (Å²) in [6.07, 6.45) is 3.59. The third-order valence-corrected chi connectivity index (χ3v) is 4.98. The number of ether oxygens (including phenoxy) is 2. The number of aryl methyl sites for hydroxylation is 1. The van der Waals surface area contributed by atoms with Gasteiger partial charge in [-0.05, 0) is 49.8 Å². The zero-order chi connectivity index (χ0) is 20.5. The van der Waals surface area contributed by atoms with Gasteiger partial charge in [-0.1, -0.05) is 12.1 Å².